The predicted octanol–water partition coefficient (Wildman–Crippen LogP) is -5.46. The number of carboxylic acid groups (broad SMARTS) is 2. The molecular formula is C30H31FN4Na2O7S3. The third-order valence-electron chi connectivity index (χ3n) is 9.01. The first-order valence-electron chi connectivity index (χ1n) is 14.8. The van der Waals surface area contributed by atoms with E-state index in [1.165, 1.54) is 41.5 Å². The Morgan fingerprint density at radius 1 is 1.09 bits per heavy atom. The van der Waals surface area contributed by atoms with Gasteiger partial charge in [0.1, 0.15) is 10.1 Å². The predicted molar refractivity (Wildman–Crippen MR) is 169 cm³/mol. The molecule has 1 N–H and O–H groups in total. The van der Waals surface area contributed by atoms with Gasteiger partial charge in [0.25, 0.3) is 0 Å². The van der Waals surface area contributed by atoms with E-state index < -0.39 is 46.7 Å². The summed E-state index contributed by atoms with van der Waals surface area (Å²) in [7, 11) is 0. The summed E-state index contributed by atoms with van der Waals surface area (Å²) in [6.45, 7) is 5.46. The van der Waals surface area contributed by atoms with Crippen molar-refractivity contribution >= 4 is 74.5 Å². The molecule has 2 saturated heterocycles. The number of benzene rings is 1. The number of aliphatic hydroxyl groups is 1. The number of hydrogen-bond donors (Lipinski definition) is 1. The van der Waals surface area contributed by atoms with Gasteiger partial charge in [-0.15, -0.1) is 11.8 Å². The normalized spacial score (nSPS) is 22.8. The Kier molecular flexibility index (Phi) is 12.7. The maximum atomic E-state index is 15.3. The number of aliphatic carboxylic acids is 1. The number of carbonyl (C=O) groups excluding carboxylic acids is 3. The van der Waals surface area contributed by atoms with Gasteiger partial charge in [-0.05, 0) is 31.9 Å². The van der Waals surface area contributed by atoms with E-state index in [0.29, 0.717) is 58.1 Å². The van der Waals surface area contributed by atoms with Crippen LogP contribution < -0.4 is 79.7 Å². The largest absolute Gasteiger partial charge is 1.00 e. The molecule has 4 atom stereocenters. The van der Waals surface area contributed by atoms with E-state index in [9.17, 15) is 34.5 Å². The molecule has 6 rings (SSSR count). The average Bonchev–Trinajstić information content (AvgIpc) is 3.80. The maximum absolute atomic E-state index is 15.3. The maximum Gasteiger partial charge on any atom is 1.00 e. The van der Waals surface area contributed by atoms with Crippen LogP contribution in [0.5, 0.6) is 0 Å². The molecule has 17 heteroatoms. The van der Waals surface area contributed by atoms with Gasteiger partial charge in [0.2, 0.25) is 5.91 Å². The molecule has 4 aliphatic rings. The smallest absolute Gasteiger partial charge is 0.545 e. The number of fused-ring (bicyclic) bond motifs is 2. The third-order valence-corrected chi connectivity index (χ3v) is 12.1. The van der Waals surface area contributed by atoms with Crippen molar-refractivity contribution < 1.29 is 93.2 Å². The fourth-order valence-corrected chi connectivity index (χ4v) is 9.19. The van der Waals surface area contributed by atoms with Gasteiger partial charge in [-0.2, -0.15) is 0 Å². The Labute approximate surface area is 328 Å². The van der Waals surface area contributed by atoms with E-state index in [0.717, 1.165) is 18.9 Å². The summed E-state index contributed by atoms with van der Waals surface area (Å²) in [5.41, 5.74) is -0.486. The van der Waals surface area contributed by atoms with E-state index in [1.807, 2.05) is 16.7 Å². The van der Waals surface area contributed by atoms with Gasteiger partial charge in [0.15, 0.2) is 5.43 Å². The number of hydrogen-bond acceptors (Lipinski definition) is 11. The molecule has 240 valence electrons. The van der Waals surface area contributed by atoms with Gasteiger partial charge in [0, 0.05) is 66.1 Å². The molecule has 0 spiro atoms. The Bertz CT molecular complexity index is 1710. The van der Waals surface area contributed by atoms with Crippen LogP contribution in [0.2, 0.25) is 0 Å². The van der Waals surface area contributed by atoms with Gasteiger partial charge >= 0.3 is 59.1 Å². The van der Waals surface area contributed by atoms with E-state index in [1.54, 1.807) is 10.6 Å². The van der Waals surface area contributed by atoms with Crippen molar-refractivity contribution in [1.29, 1.82) is 0 Å². The Balaban J connectivity index is 0.00000250. The van der Waals surface area contributed by atoms with Crippen molar-refractivity contribution in [2.75, 3.05) is 42.6 Å². The molecule has 0 radical (unpaired) electrons. The van der Waals surface area contributed by atoms with E-state index in [2.05, 4.69) is 0 Å². The fraction of sp³-hybridized carbons (Fsp3) is 0.500. The van der Waals surface area contributed by atoms with Crippen LogP contribution in [0.25, 0.3) is 10.9 Å². The molecule has 1 aliphatic carbocycles. The Morgan fingerprint density at radius 3 is 2.32 bits per heavy atom. The second kappa shape index (κ2) is 15.4. The molecule has 11 nitrogen and oxygen atoms in total. The third kappa shape index (κ3) is 7.22. The van der Waals surface area contributed by atoms with Crippen LogP contribution in [0.3, 0.4) is 0 Å². The minimum Gasteiger partial charge on any atom is -0.545 e. The molecule has 1 amide bonds. The zero-order valence-electron chi connectivity index (χ0n) is 26.6. The van der Waals surface area contributed by atoms with Gasteiger partial charge in [-0.1, -0.05) is 30.9 Å². The number of halogens is 1. The number of carboxylic acids is 2. The molecule has 2 aromatic rings. The number of thioether (sulfide) groups is 2. The monoisotopic (exact) mass is 720 g/mol. The minimum atomic E-state index is -1.58. The van der Waals surface area contributed by atoms with Gasteiger partial charge < -0.3 is 44.2 Å². The summed E-state index contributed by atoms with van der Waals surface area (Å²) in [5.74, 6) is -3.66. The molecule has 1 aromatic heterocycles. The SMILES string of the molecule is CC1C(SCCSC(=S)N2CCN(c3cc4c(cc3F)c(=O)c(C(=O)[O-])cn4C3CC3)CC2)=C(C(=O)[O-])N2C(=O)[C@@H]([C@@H](C)O)[C@H]12.[Na+].[Na+]. The first-order valence-corrected chi connectivity index (χ1v) is 17.1. The number of aliphatic hydroxyl groups excluding tert-OH is 1. The number of amides is 1. The standard InChI is InChI=1S/C30H33FN4O7S3.2Na/c1-14-23-22(15(2)36)27(38)35(23)24(29(41)42)26(14)44-9-10-45-30(43)33-7-5-32(6-8-33)21-12-20-17(11-19(21)31)25(37)18(28(39)40)13-34(20)16-3-4-16;;/h11-16,22-23,36H,3-10H2,1-2H3,(H,39,40)(H,41,42);;/q;2*+1/p-2/t14?,15-,22+,23+;;/m1../s1. The molecule has 1 unspecified atom stereocenters. The van der Waals surface area contributed by atoms with Crippen molar-refractivity contribution in [2.24, 2.45) is 11.8 Å². The summed E-state index contributed by atoms with van der Waals surface area (Å²) < 4.78 is 17.7. The first-order chi connectivity index (χ1) is 21.4. The molecule has 0 bridgehead atoms. The summed E-state index contributed by atoms with van der Waals surface area (Å²) >= 11 is 8.49. The number of nitrogens with zero attached hydrogens (tertiary/aromatic N) is 4. The molecule has 3 aliphatic heterocycles. The molecule has 4 heterocycles. The summed E-state index contributed by atoms with van der Waals surface area (Å²) in [4.78, 5) is 54.4. The van der Waals surface area contributed by atoms with Crippen LogP contribution in [-0.4, -0.2) is 91.5 Å². The van der Waals surface area contributed by atoms with Crippen LogP contribution in [0.15, 0.2) is 33.7 Å². The Morgan fingerprint density at radius 2 is 1.74 bits per heavy atom. The second-order valence-electron chi connectivity index (χ2n) is 11.8. The number of β-lactam (4-membered cyclic amide) rings is 1. The second-order valence-corrected chi connectivity index (χ2v) is 14.7. The molecular weight excluding hydrogens is 690 g/mol. The van der Waals surface area contributed by atoms with Crippen molar-refractivity contribution in [3.63, 3.8) is 0 Å². The fourth-order valence-electron chi connectivity index (χ4n) is 6.61. The Hall–Kier alpha value is -1.14. The van der Waals surface area contributed by atoms with Crippen LogP contribution in [0.1, 0.15) is 43.1 Å². The topological polar surface area (TPSA) is 149 Å². The number of aromatic carboxylic acids is 1. The van der Waals surface area contributed by atoms with Gasteiger partial charge in [0.05, 0.1) is 52.5 Å². The van der Waals surface area contributed by atoms with E-state index in [-0.39, 0.29) is 88.2 Å². The number of piperazine rings is 1. The number of carbonyl (C=O) groups is 3. The van der Waals surface area contributed by atoms with Gasteiger partial charge in [-0.3, -0.25) is 9.59 Å². The van der Waals surface area contributed by atoms with Crippen LogP contribution >= 0.6 is 35.7 Å². The van der Waals surface area contributed by atoms with Gasteiger partial charge in [-0.25, -0.2) is 4.39 Å². The number of aromatic nitrogens is 1. The van der Waals surface area contributed by atoms with Crippen molar-refractivity contribution in [2.45, 2.75) is 44.9 Å². The molecule has 3 fully saturated rings. The van der Waals surface area contributed by atoms with E-state index in [4.69, 9.17) is 12.2 Å². The van der Waals surface area contributed by atoms with Crippen LogP contribution in [0.4, 0.5) is 10.1 Å². The molecule has 47 heavy (non-hydrogen) atoms. The minimum absolute atomic E-state index is 0. The van der Waals surface area contributed by atoms with Crippen LogP contribution in [0, 0.1) is 17.7 Å². The van der Waals surface area contributed by atoms with Crippen LogP contribution in [-0.2, 0) is 9.59 Å². The quantitative estimate of drug-likeness (QED) is 0.114. The zero-order valence-corrected chi connectivity index (χ0v) is 33.0. The zero-order chi connectivity index (χ0) is 32.3. The van der Waals surface area contributed by atoms with Crippen molar-refractivity contribution in [1.82, 2.24) is 14.4 Å². The number of pyridine rings is 1. The van der Waals surface area contributed by atoms with Crippen molar-refractivity contribution in [3.8, 4) is 0 Å². The first kappa shape index (κ1) is 38.7. The molecule has 1 saturated carbocycles. The average molecular weight is 721 g/mol. The summed E-state index contributed by atoms with van der Waals surface area (Å²) in [5, 5.41) is 33.4. The summed E-state index contributed by atoms with van der Waals surface area (Å²) in [6, 6.07) is 2.43. The number of thiocarbonyl (C=S) groups is 1. The van der Waals surface area contributed by atoms with Crippen molar-refractivity contribution in [3.05, 3.63) is 50.5 Å². The molecule has 1 aromatic carbocycles. The summed E-state index contributed by atoms with van der Waals surface area (Å²) in [6.07, 6.45) is 2.14. The number of anilines is 1. The number of rotatable bonds is 9. The van der Waals surface area contributed by atoms with E-state index >= 15 is 4.39 Å².